The summed E-state index contributed by atoms with van der Waals surface area (Å²) in [5.41, 5.74) is 0. The predicted molar refractivity (Wildman–Crippen MR) is 45.6 cm³/mol. The zero-order chi connectivity index (χ0) is 8.27. The van der Waals surface area contributed by atoms with Gasteiger partial charge in [-0.25, -0.2) is 0 Å². The van der Waals surface area contributed by atoms with Gasteiger partial charge in [-0.05, 0) is 19.9 Å². The first kappa shape index (κ1) is 8.72. The molecule has 2 nitrogen and oxygen atoms in total. The smallest absolute Gasteiger partial charge is 0.133 e. The highest BCUT2D eigenvalue weighted by Gasteiger charge is 2.25. The Balaban J connectivity index is 2.05. The first-order valence-corrected chi connectivity index (χ1v) is 4.46. The summed E-state index contributed by atoms with van der Waals surface area (Å²) in [6, 6.07) is 0.791. The Morgan fingerprint density at radius 1 is 1.55 bits per heavy atom. The van der Waals surface area contributed by atoms with Crippen LogP contribution in [0.15, 0.2) is 0 Å². The molecule has 64 valence electrons. The molecule has 11 heavy (non-hydrogen) atoms. The van der Waals surface area contributed by atoms with Crippen molar-refractivity contribution in [3.8, 4) is 0 Å². The maximum atomic E-state index is 10.9. The highest BCUT2D eigenvalue weighted by Crippen LogP contribution is 2.25. The normalized spacial score (nSPS) is 17.4. The average molecular weight is 155 g/mol. The molecule has 0 aromatic carbocycles. The molecule has 0 N–H and O–H groups in total. The lowest BCUT2D eigenvalue weighted by molar-refractivity contribution is -0.119. The Morgan fingerprint density at radius 3 is 2.64 bits per heavy atom. The van der Waals surface area contributed by atoms with Crippen molar-refractivity contribution in [3.63, 3.8) is 0 Å². The molecule has 0 amide bonds. The zero-order valence-electron chi connectivity index (χ0n) is 7.47. The second-order valence-corrected chi connectivity index (χ2v) is 3.35. The van der Waals surface area contributed by atoms with Crippen molar-refractivity contribution < 1.29 is 4.79 Å². The number of rotatable bonds is 5. The molecule has 0 unspecified atom stereocenters. The van der Waals surface area contributed by atoms with Crippen LogP contribution in [0.3, 0.4) is 0 Å². The molecule has 0 heterocycles. The Labute approximate surface area is 68.6 Å². The molecule has 1 fully saturated rings. The molecule has 0 saturated heterocycles. The standard InChI is InChI=1S/C9H17NO/c1-3-9(11)6-7-10(2)8-4-5-8/h8H,3-7H2,1-2H3. The van der Waals surface area contributed by atoms with E-state index >= 15 is 0 Å². The van der Waals surface area contributed by atoms with Crippen LogP contribution in [0.25, 0.3) is 0 Å². The quantitative estimate of drug-likeness (QED) is 0.599. The lowest BCUT2D eigenvalue weighted by Gasteiger charge is -2.13. The molecule has 0 spiro atoms. The maximum absolute atomic E-state index is 10.9. The van der Waals surface area contributed by atoms with E-state index in [0.29, 0.717) is 12.2 Å². The molecule has 0 aromatic heterocycles. The van der Waals surface area contributed by atoms with Crippen LogP contribution in [0, 0.1) is 0 Å². The largest absolute Gasteiger partial charge is 0.303 e. The average Bonchev–Trinajstić information content (AvgIpc) is 2.81. The van der Waals surface area contributed by atoms with Crippen LogP contribution in [-0.2, 0) is 4.79 Å². The van der Waals surface area contributed by atoms with E-state index in [9.17, 15) is 4.79 Å². The summed E-state index contributed by atoms with van der Waals surface area (Å²) >= 11 is 0. The van der Waals surface area contributed by atoms with Gasteiger partial charge in [-0.1, -0.05) is 6.92 Å². The fraction of sp³-hybridized carbons (Fsp3) is 0.889. The number of carbonyl (C=O) groups excluding carboxylic acids is 1. The van der Waals surface area contributed by atoms with E-state index in [2.05, 4.69) is 11.9 Å². The lowest BCUT2D eigenvalue weighted by Crippen LogP contribution is -2.23. The van der Waals surface area contributed by atoms with Gasteiger partial charge >= 0.3 is 0 Å². The van der Waals surface area contributed by atoms with Crippen molar-refractivity contribution in [1.82, 2.24) is 4.90 Å². The zero-order valence-corrected chi connectivity index (χ0v) is 7.47. The topological polar surface area (TPSA) is 20.3 Å². The van der Waals surface area contributed by atoms with Gasteiger partial charge in [0.1, 0.15) is 5.78 Å². The molecule has 1 rings (SSSR count). The minimum absolute atomic E-state index is 0.387. The van der Waals surface area contributed by atoms with Crippen molar-refractivity contribution in [2.24, 2.45) is 0 Å². The Kier molecular flexibility index (Phi) is 3.06. The predicted octanol–water partition coefficient (Wildman–Crippen LogP) is 1.45. The Hall–Kier alpha value is -0.370. The van der Waals surface area contributed by atoms with E-state index in [1.54, 1.807) is 0 Å². The van der Waals surface area contributed by atoms with Crippen molar-refractivity contribution in [2.75, 3.05) is 13.6 Å². The van der Waals surface area contributed by atoms with Crippen LogP contribution in [0.4, 0.5) is 0 Å². The highest BCUT2D eigenvalue weighted by molar-refractivity contribution is 5.78. The van der Waals surface area contributed by atoms with Gasteiger partial charge in [0, 0.05) is 25.4 Å². The number of Topliss-reactive ketones (excluding diaryl/α,β-unsaturated/α-hetero) is 1. The summed E-state index contributed by atoms with van der Waals surface area (Å²) < 4.78 is 0. The van der Waals surface area contributed by atoms with Crippen LogP contribution in [0.2, 0.25) is 0 Å². The fourth-order valence-electron chi connectivity index (χ4n) is 1.18. The Bertz CT molecular complexity index is 140. The van der Waals surface area contributed by atoms with Gasteiger partial charge in [-0.15, -0.1) is 0 Å². The summed E-state index contributed by atoms with van der Waals surface area (Å²) in [7, 11) is 2.11. The summed E-state index contributed by atoms with van der Waals surface area (Å²) in [5, 5.41) is 0. The maximum Gasteiger partial charge on any atom is 0.133 e. The molecule has 0 bridgehead atoms. The molecular weight excluding hydrogens is 138 g/mol. The van der Waals surface area contributed by atoms with Crippen molar-refractivity contribution in [1.29, 1.82) is 0 Å². The molecule has 1 aliphatic carbocycles. The minimum Gasteiger partial charge on any atom is -0.303 e. The molecule has 1 saturated carbocycles. The molecule has 0 radical (unpaired) electrons. The van der Waals surface area contributed by atoms with Crippen LogP contribution in [0.5, 0.6) is 0 Å². The van der Waals surface area contributed by atoms with E-state index < -0.39 is 0 Å². The first-order chi connectivity index (χ1) is 5.24. The molecule has 0 atom stereocenters. The van der Waals surface area contributed by atoms with Gasteiger partial charge in [0.2, 0.25) is 0 Å². The van der Waals surface area contributed by atoms with Gasteiger partial charge in [0.05, 0.1) is 0 Å². The third-order valence-electron chi connectivity index (χ3n) is 2.31. The number of carbonyl (C=O) groups is 1. The van der Waals surface area contributed by atoms with Crippen molar-refractivity contribution in [3.05, 3.63) is 0 Å². The van der Waals surface area contributed by atoms with Gasteiger partial charge in [-0.2, -0.15) is 0 Å². The van der Waals surface area contributed by atoms with Gasteiger partial charge < -0.3 is 4.90 Å². The van der Waals surface area contributed by atoms with Crippen molar-refractivity contribution >= 4 is 5.78 Å². The molecular formula is C9H17NO. The van der Waals surface area contributed by atoms with Gasteiger partial charge in [0.15, 0.2) is 0 Å². The van der Waals surface area contributed by atoms with Crippen LogP contribution in [-0.4, -0.2) is 30.3 Å². The molecule has 0 aliphatic heterocycles. The van der Waals surface area contributed by atoms with Gasteiger partial charge in [-0.3, -0.25) is 4.79 Å². The van der Waals surface area contributed by atoms with E-state index in [4.69, 9.17) is 0 Å². The summed E-state index contributed by atoms with van der Waals surface area (Å²) in [5.74, 6) is 0.387. The molecule has 2 heteroatoms. The number of hydrogen-bond acceptors (Lipinski definition) is 2. The molecule has 1 aliphatic rings. The van der Waals surface area contributed by atoms with E-state index in [1.165, 1.54) is 12.8 Å². The molecule has 0 aromatic rings. The van der Waals surface area contributed by atoms with E-state index in [1.807, 2.05) is 6.92 Å². The third-order valence-corrected chi connectivity index (χ3v) is 2.31. The SMILES string of the molecule is CCC(=O)CCN(C)C1CC1. The number of hydrogen-bond donors (Lipinski definition) is 0. The third kappa shape index (κ3) is 3.02. The number of nitrogens with zero attached hydrogens (tertiary/aromatic N) is 1. The van der Waals surface area contributed by atoms with Crippen LogP contribution in [0.1, 0.15) is 32.6 Å². The summed E-state index contributed by atoms with van der Waals surface area (Å²) in [6.07, 6.45) is 4.09. The first-order valence-electron chi connectivity index (χ1n) is 4.46. The lowest BCUT2D eigenvalue weighted by atomic mass is 10.2. The second kappa shape index (κ2) is 3.86. The van der Waals surface area contributed by atoms with Crippen molar-refractivity contribution in [2.45, 2.75) is 38.6 Å². The highest BCUT2D eigenvalue weighted by atomic mass is 16.1. The minimum atomic E-state index is 0.387. The van der Waals surface area contributed by atoms with E-state index in [0.717, 1.165) is 19.0 Å². The van der Waals surface area contributed by atoms with E-state index in [-0.39, 0.29) is 0 Å². The summed E-state index contributed by atoms with van der Waals surface area (Å²) in [4.78, 5) is 13.2. The summed E-state index contributed by atoms with van der Waals surface area (Å²) in [6.45, 7) is 2.89. The van der Waals surface area contributed by atoms with Gasteiger partial charge in [0.25, 0.3) is 0 Å². The van der Waals surface area contributed by atoms with Crippen LogP contribution < -0.4 is 0 Å². The monoisotopic (exact) mass is 155 g/mol. The Morgan fingerprint density at radius 2 is 2.18 bits per heavy atom. The fourth-order valence-corrected chi connectivity index (χ4v) is 1.18. The number of ketones is 1. The second-order valence-electron chi connectivity index (χ2n) is 3.35. The van der Waals surface area contributed by atoms with Crippen LogP contribution >= 0.6 is 0 Å².